The number of phenols is 1. The Bertz CT molecular complexity index is 730. The Balaban J connectivity index is 1.67. The van der Waals surface area contributed by atoms with Gasteiger partial charge in [-0.3, -0.25) is 0 Å². The van der Waals surface area contributed by atoms with Crippen molar-refractivity contribution >= 4 is 0 Å². The normalized spacial score (nSPS) is 21.5. The molecule has 3 nitrogen and oxygen atoms in total. The third-order valence-corrected chi connectivity index (χ3v) is 8.65. The van der Waals surface area contributed by atoms with Gasteiger partial charge in [0.05, 0.1) is 23.4 Å². The molecule has 0 heterocycles. The molecule has 3 rings (SSSR count). The molecule has 2 atom stereocenters. The lowest BCUT2D eigenvalue weighted by Gasteiger charge is -2.40. The zero-order valence-electron chi connectivity index (χ0n) is 23.4. The Hall–Kier alpha value is -1.06. The van der Waals surface area contributed by atoms with Gasteiger partial charge in [-0.05, 0) is 76.0 Å². The van der Waals surface area contributed by atoms with E-state index in [9.17, 15) is 5.11 Å². The molecule has 35 heavy (non-hydrogen) atoms. The molecule has 2 unspecified atom stereocenters. The molecule has 0 radical (unpaired) electrons. The molecule has 0 saturated heterocycles. The smallest absolute Gasteiger partial charge is 0.119 e. The summed E-state index contributed by atoms with van der Waals surface area (Å²) >= 11 is 0. The number of unbranched alkanes of at least 4 members (excludes halogenated alkanes) is 2. The van der Waals surface area contributed by atoms with Crippen molar-refractivity contribution in [2.45, 2.75) is 167 Å². The minimum atomic E-state index is 0.0429. The van der Waals surface area contributed by atoms with Gasteiger partial charge in [-0.2, -0.15) is 0 Å². The van der Waals surface area contributed by atoms with E-state index in [4.69, 9.17) is 9.47 Å². The standard InChI is InChI=1S/C32H54O3/c1-5-7-18-31(20-11-9-12-21-31)34-26(3)24-28-16-15-17-30(33)29(28)25-27(4)35-32(19-8-6-2)22-13-10-14-23-32/h15-17,26-27,33H,5-14,18-25H2,1-4H3. The van der Waals surface area contributed by atoms with E-state index in [1.165, 1.54) is 108 Å². The van der Waals surface area contributed by atoms with Gasteiger partial charge >= 0.3 is 0 Å². The van der Waals surface area contributed by atoms with Crippen LogP contribution < -0.4 is 0 Å². The van der Waals surface area contributed by atoms with Crippen LogP contribution in [0.15, 0.2) is 18.2 Å². The summed E-state index contributed by atoms with van der Waals surface area (Å²) in [6.45, 7) is 9.00. The zero-order valence-corrected chi connectivity index (χ0v) is 23.4. The first-order valence-corrected chi connectivity index (χ1v) is 15.1. The van der Waals surface area contributed by atoms with E-state index < -0.39 is 0 Å². The quantitative estimate of drug-likeness (QED) is 0.285. The predicted molar refractivity (Wildman–Crippen MR) is 147 cm³/mol. The van der Waals surface area contributed by atoms with Gasteiger partial charge in [-0.25, -0.2) is 0 Å². The van der Waals surface area contributed by atoms with Gasteiger partial charge < -0.3 is 14.6 Å². The molecular formula is C32H54O3. The summed E-state index contributed by atoms with van der Waals surface area (Å²) in [6.07, 6.45) is 21.8. The average molecular weight is 487 g/mol. The second kappa shape index (κ2) is 14.0. The van der Waals surface area contributed by atoms with E-state index in [-0.39, 0.29) is 23.4 Å². The van der Waals surface area contributed by atoms with Crippen molar-refractivity contribution in [3.8, 4) is 5.75 Å². The zero-order chi connectivity index (χ0) is 25.2. The number of benzene rings is 1. The summed E-state index contributed by atoms with van der Waals surface area (Å²) in [5.41, 5.74) is 2.39. The third kappa shape index (κ3) is 8.49. The fourth-order valence-electron chi connectivity index (χ4n) is 6.83. The molecule has 0 aliphatic heterocycles. The second-order valence-electron chi connectivity index (χ2n) is 11.9. The lowest BCUT2D eigenvalue weighted by atomic mass is 9.80. The maximum absolute atomic E-state index is 10.9. The van der Waals surface area contributed by atoms with E-state index in [1.54, 1.807) is 0 Å². The molecular weight excluding hydrogens is 432 g/mol. The molecule has 200 valence electrons. The minimum absolute atomic E-state index is 0.0429. The van der Waals surface area contributed by atoms with Crippen molar-refractivity contribution in [2.24, 2.45) is 0 Å². The second-order valence-corrected chi connectivity index (χ2v) is 11.9. The average Bonchev–Trinajstić information content (AvgIpc) is 2.85. The van der Waals surface area contributed by atoms with E-state index in [1.807, 2.05) is 12.1 Å². The summed E-state index contributed by atoms with van der Waals surface area (Å²) in [5, 5.41) is 10.9. The van der Waals surface area contributed by atoms with Crippen molar-refractivity contribution in [2.75, 3.05) is 0 Å². The number of ether oxygens (including phenoxy) is 2. The van der Waals surface area contributed by atoms with Crippen LogP contribution in [0.2, 0.25) is 0 Å². The number of phenolic OH excluding ortho intramolecular Hbond substituents is 1. The fourth-order valence-corrected chi connectivity index (χ4v) is 6.83. The highest BCUT2D eigenvalue weighted by atomic mass is 16.5. The minimum Gasteiger partial charge on any atom is -0.508 e. The van der Waals surface area contributed by atoms with Crippen LogP contribution in [-0.2, 0) is 22.3 Å². The lowest BCUT2D eigenvalue weighted by molar-refractivity contribution is -0.114. The van der Waals surface area contributed by atoms with Crippen molar-refractivity contribution in [3.63, 3.8) is 0 Å². The summed E-state index contributed by atoms with van der Waals surface area (Å²) in [5.74, 6) is 0.412. The fraction of sp³-hybridized carbons (Fsp3) is 0.812. The van der Waals surface area contributed by atoms with Crippen LogP contribution >= 0.6 is 0 Å². The molecule has 2 aliphatic carbocycles. The van der Waals surface area contributed by atoms with Crippen LogP contribution in [0.5, 0.6) is 5.75 Å². The monoisotopic (exact) mass is 486 g/mol. The van der Waals surface area contributed by atoms with Crippen LogP contribution in [0.4, 0.5) is 0 Å². The summed E-state index contributed by atoms with van der Waals surface area (Å²) < 4.78 is 13.7. The Morgan fingerprint density at radius 2 is 1.23 bits per heavy atom. The van der Waals surface area contributed by atoms with Gasteiger partial charge in [-0.1, -0.05) is 90.2 Å². The SMILES string of the molecule is CCCCC1(OC(C)Cc2cccc(O)c2CC(C)OC2(CCCC)CCCCC2)CCCCC1. The summed E-state index contributed by atoms with van der Waals surface area (Å²) in [6, 6.07) is 6.02. The molecule has 0 spiro atoms. The molecule has 1 N–H and O–H groups in total. The van der Waals surface area contributed by atoms with Gasteiger partial charge in [0.1, 0.15) is 5.75 Å². The first-order valence-electron chi connectivity index (χ1n) is 15.1. The van der Waals surface area contributed by atoms with Gasteiger partial charge in [0.25, 0.3) is 0 Å². The maximum Gasteiger partial charge on any atom is 0.119 e. The molecule has 2 aliphatic rings. The largest absolute Gasteiger partial charge is 0.508 e. The third-order valence-electron chi connectivity index (χ3n) is 8.65. The highest BCUT2D eigenvalue weighted by molar-refractivity contribution is 5.40. The van der Waals surface area contributed by atoms with Crippen LogP contribution in [0.3, 0.4) is 0 Å². The maximum atomic E-state index is 10.9. The van der Waals surface area contributed by atoms with Gasteiger partial charge in [0.2, 0.25) is 0 Å². The topological polar surface area (TPSA) is 38.7 Å². The summed E-state index contributed by atoms with van der Waals surface area (Å²) in [7, 11) is 0. The molecule has 0 aromatic heterocycles. The van der Waals surface area contributed by atoms with E-state index in [2.05, 4.69) is 33.8 Å². The van der Waals surface area contributed by atoms with Crippen LogP contribution in [-0.4, -0.2) is 28.5 Å². The Morgan fingerprint density at radius 3 is 1.71 bits per heavy atom. The molecule has 1 aromatic rings. The molecule has 0 bridgehead atoms. The first kappa shape index (κ1) is 28.5. The first-order chi connectivity index (χ1) is 16.9. The van der Waals surface area contributed by atoms with Crippen LogP contribution in [0.25, 0.3) is 0 Å². The van der Waals surface area contributed by atoms with Crippen molar-refractivity contribution in [1.82, 2.24) is 0 Å². The molecule has 3 heteroatoms. The molecule has 2 saturated carbocycles. The highest BCUT2D eigenvalue weighted by Crippen LogP contribution is 2.39. The van der Waals surface area contributed by atoms with Crippen LogP contribution in [0.1, 0.15) is 142 Å². The molecule has 0 amide bonds. The van der Waals surface area contributed by atoms with E-state index in [0.29, 0.717) is 5.75 Å². The number of rotatable bonds is 14. The van der Waals surface area contributed by atoms with Crippen molar-refractivity contribution in [1.29, 1.82) is 0 Å². The summed E-state index contributed by atoms with van der Waals surface area (Å²) in [4.78, 5) is 0. The number of aromatic hydroxyl groups is 1. The van der Waals surface area contributed by atoms with E-state index in [0.717, 1.165) is 18.4 Å². The highest BCUT2D eigenvalue weighted by Gasteiger charge is 2.35. The van der Waals surface area contributed by atoms with Crippen molar-refractivity contribution < 1.29 is 14.6 Å². The Morgan fingerprint density at radius 1 is 0.743 bits per heavy atom. The predicted octanol–water partition coefficient (Wildman–Crippen LogP) is 9.07. The van der Waals surface area contributed by atoms with Crippen molar-refractivity contribution in [3.05, 3.63) is 29.3 Å². The van der Waals surface area contributed by atoms with Gasteiger partial charge in [-0.15, -0.1) is 0 Å². The lowest BCUT2D eigenvalue weighted by Crippen LogP contribution is -2.39. The van der Waals surface area contributed by atoms with Gasteiger partial charge in [0.15, 0.2) is 0 Å². The van der Waals surface area contributed by atoms with Crippen LogP contribution in [0, 0.1) is 0 Å². The number of hydrogen-bond acceptors (Lipinski definition) is 3. The Labute approximate surface area is 216 Å². The van der Waals surface area contributed by atoms with E-state index >= 15 is 0 Å². The molecule has 2 fully saturated rings. The van der Waals surface area contributed by atoms with Gasteiger partial charge in [0, 0.05) is 6.42 Å². The molecule has 1 aromatic carbocycles. The number of hydrogen-bond donors (Lipinski definition) is 1. The Kier molecular flexibility index (Phi) is 11.4.